The Morgan fingerprint density at radius 3 is 2.68 bits per heavy atom. The molecule has 1 spiro atoms. The highest BCUT2D eigenvalue weighted by atomic mass is 35.5. The summed E-state index contributed by atoms with van der Waals surface area (Å²) in [7, 11) is 0. The first-order chi connectivity index (χ1) is 9.04. The Balaban J connectivity index is 2.17. The van der Waals surface area contributed by atoms with Crippen molar-refractivity contribution >= 4 is 17.5 Å². The number of fused-ring (bicyclic) bond motifs is 2. The van der Waals surface area contributed by atoms with Gasteiger partial charge in [-0.25, -0.2) is 0 Å². The number of carbonyl (C=O) groups excluding carboxylic acids is 1. The van der Waals surface area contributed by atoms with Crippen LogP contribution in [0.25, 0.3) is 0 Å². The van der Waals surface area contributed by atoms with E-state index in [2.05, 4.69) is 5.32 Å². The summed E-state index contributed by atoms with van der Waals surface area (Å²) in [6, 6.07) is 7.75. The van der Waals surface area contributed by atoms with Gasteiger partial charge in [0.05, 0.1) is 12.0 Å². The van der Waals surface area contributed by atoms with Crippen molar-refractivity contribution in [1.82, 2.24) is 5.32 Å². The lowest BCUT2D eigenvalue weighted by molar-refractivity contribution is -0.150. The van der Waals surface area contributed by atoms with Crippen LogP contribution in [-0.4, -0.2) is 29.8 Å². The summed E-state index contributed by atoms with van der Waals surface area (Å²) in [6.07, 6.45) is 0.389. The van der Waals surface area contributed by atoms with E-state index in [4.69, 9.17) is 16.3 Å². The van der Waals surface area contributed by atoms with Crippen molar-refractivity contribution < 1.29 is 14.6 Å². The van der Waals surface area contributed by atoms with Crippen molar-refractivity contribution in [2.75, 3.05) is 13.2 Å². The molecule has 1 aromatic rings. The Hall–Kier alpha value is -1.10. The number of aliphatic hydroxyl groups excluding tert-OH is 1. The molecule has 0 bridgehead atoms. The Morgan fingerprint density at radius 1 is 1.47 bits per heavy atom. The molecule has 0 saturated carbocycles. The van der Waals surface area contributed by atoms with Crippen molar-refractivity contribution in [3.63, 3.8) is 0 Å². The minimum Gasteiger partial charge on any atom is -0.396 e. The van der Waals surface area contributed by atoms with Crippen LogP contribution in [0.15, 0.2) is 24.3 Å². The molecule has 5 heteroatoms. The highest BCUT2D eigenvalue weighted by Crippen LogP contribution is 2.47. The third-order valence-corrected chi connectivity index (χ3v) is 4.79. The maximum absolute atomic E-state index is 12.5. The number of hydrogen-bond donors (Lipinski definition) is 2. The number of carbonyl (C=O) groups is 1. The SMILES string of the molecule is CC1(CCO)C(=O)NC2(COC2Cl)c2ccccc21. The predicted molar refractivity (Wildman–Crippen MR) is 70.9 cm³/mol. The average Bonchev–Trinajstić information content (AvgIpc) is 2.42. The van der Waals surface area contributed by atoms with E-state index in [1.807, 2.05) is 31.2 Å². The van der Waals surface area contributed by atoms with E-state index in [1.54, 1.807) is 0 Å². The van der Waals surface area contributed by atoms with Gasteiger partial charge in [-0.2, -0.15) is 0 Å². The Bertz CT molecular complexity index is 535. The molecular formula is C14H16ClNO3. The number of nitrogens with one attached hydrogen (secondary N) is 1. The molecule has 4 nitrogen and oxygen atoms in total. The molecule has 3 unspecified atom stereocenters. The quantitative estimate of drug-likeness (QED) is 0.802. The molecule has 3 atom stereocenters. The number of hydrogen-bond acceptors (Lipinski definition) is 3. The first-order valence-electron chi connectivity index (χ1n) is 6.34. The van der Waals surface area contributed by atoms with Gasteiger partial charge in [0.15, 0.2) is 5.56 Å². The van der Waals surface area contributed by atoms with Crippen molar-refractivity contribution in [2.24, 2.45) is 0 Å². The third kappa shape index (κ3) is 1.57. The van der Waals surface area contributed by atoms with Crippen LogP contribution in [0.2, 0.25) is 0 Å². The molecule has 102 valence electrons. The highest BCUT2D eigenvalue weighted by molar-refractivity contribution is 6.21. The predicted octanol–water partition coefficient (Wildman–Crippen LogP) is 1.25. The normalized spacial score (nSPS) is 36.6. The molecule has 1 amide bonds. The van der Waals surface area contributed by atoms with E-state index >= 15 is 0 Å². The van der Waals surface area contributed by atoms with Gasteiger partial charge < -0.3 is 15.2 Å². The van der Waals surface area contributed by atoms with Gasteiger partial charge in [0, 0.05) is 6.61 Å². The second-order valence-corrected chi connectivity index (χ2v) is 5.80. The Morgan fingerprint density at radius 2 is 2.16 bits per heavy atom. The lowest BCUT2D eigenvalue weighted by Gasteiger charge is -2.53. The van der Waals surface area contributed by atoms with Gasteiger partial charge in [0.25, 0.3) is 0 Å². The molecule has 2 aliphatic heterocycles. The van der Waals surface area contributed by atoms with E-state index in [-0.39, 0.29) is 12.5 Å². The van der Waals surface area contributed by atoms with Crippen LogP contribution < -0.4 is 5.32 Å². The smallest absolute Gasteiger partial charge is 0.231 e. The monoisotopic (exact) mass is 281 g/mol. The lowest BCUT2D eigenvalue weighted by Crippen LogP contribution is -2.69. The van der Waals surface area contributed by atoms with E-state index in [0.717, 1.165) is 11.1 Å². The van der Waals surface area contributed by atoms with E-state index in [0.29, 0.717) is 13.0 Å². The van der Waals surface area contributed by atoms with Crippen LogP contribution >= 0.6 is 11.6 Å². The number of halogens is 1. The fraction of sp³-hybridized carbons (Fsp3) is 0.500. The van der Waals surface area contributed by atoms with Gasteiger partial charge in [-0.1, -0.05) is 35.9 Å². The second kappa shape index (κ2) is 4.20. The lowest BCUT2D eigenvalue weighted by atomic mass is 9.68. The molecule has 3 rings (SSSR count). The number of aliphatic hydroxyl groups is 1. The molecule has 0 aromatic heterocycles. The summed E-state index contributed by atoms with van der Waals surface area (Å²) < 4.78 is 5.26. The van der Waals surface area contributed by atoms with Crippen molar-refractivity contribution in [3.05, 3.63) is 35.4 Å². The fourth-order valence-electron chi connectivity index (χ4n) is 2.96. The maximum Gasteiger partial charge on any atom is 0.231 e. The summed E-state index contributed by atoms with van der Waals surface area (Å²) >= 11 is 6.16. The number of ether oxygens (including phenoxy) is 1. The molecule has 2 heterocycles. The first-order valence-corrected chi connectivity index (χ1v) is 6.77. The molecule has 2 N–H and O–H groups in total. The second-order valence-electron chi connectivity index (χ2n) is 5.40. The number of alkyl halides is 1. The number of benzene rings is 1. The van der Waals surface area contributed by atoms with Crippen LogP contribution in [0, 0.1) is 0 Å². The van der Waals surface area contributed by atoms with E-state index in [1.165, 1.54) is 0 Å². The van der Waals surface area contributed by atoms with Crippen LogP contribution in [0.4, 0.5) is 0 Å². The summed E-state index contributed by atoms with van der Waals surface area (Å²) in [4.78, 5) is 12.5. The molecule has 0 aliphatic carbocycles. The topological polar surface area (TPSA) is 58.6 Å². The minimum atomic E-state index is -0.719. The molecule has 1 fully saturated rings. The zero-order valence-corrected chi connectivity index (χ0v) is 11.4. The third-order valence-electron chi connectivity index (χ3n) is 4.30. The van der Waals surface area contributed by atoms with Crippen molar-refractivity contribution in [3.8, 4) is 0 Å². The van der Waals surface area contributed by atoms with Crippen LogP contribution in [-0.2, 0) is 20.5 Å². The highest BCUT2D eigenvalue weighted by Gasteiger charge is 2.57. The first kappa shape index (κ1) is 12.9. The summed E-state index contributed by atoms with van der Waals surface area (Å²) in [5, 5.41) is 12.3. The van der Waals surface area contributed by atoms with Crippen LogP contribution in [0.5, 0.6) is 0 Å². The minimum absolute atomic E-state index is 0.0357. The number of rotatable bonds is 2. The number of amides is 1. The van der Waals surface area contributed by atoms with E-state index in [9.17, 15) is 9.90 Å². The van der Waals surface area contributed by atoms with Gasteiger partial charge in [-0.15, -0.1) is 0 Å². The molecular weight excluding hydrogens is 266 g/mol. The zero-order valence-electron chi connectivity index (χ0n) is 10.6. The fourth-order valence-corrected chi connectivity index (χ4v) is 3.26. The average molecular weight is 282 g/mol. The van der Waals surface area contributed by atoms with Crippen molar-refractivity contribution in [1.29, 1.82) is 0 Å². The largest absolute Gasteiger partial charge is 0.396 e. The molecule has 2 aliphatic rings. The van der Waals surface area contributed by atoms with Gasteiger partial charge in [-0.3, -0.25) is 4.79 Å². The molecule has 19 heavy (non-hydrogen) atoms. The standard InChI is InChI=1S/C14H16ClNO3/c1-13(6-7-17)9-4-2-3-5-10(9)14(16-12(13)18)8-19-11(14)15/h2-5,11,17H,6-8H2,1H3,(H,16,18). The summed E-state index contributed by atoms with van der Waals surface area (Å²) in [6.45, 7) is 2.21. The molecule has 0 radical (unpaired) electrons. The maximum atomic E-state index is 12.5. The van der Waals surface area contributed by atoms with Gasteiger partial charge >= 0.3 is 0 Å². The van der Waals surface area contributed by atoms with Crippen LogP contribution in [0.1, 0.15) is 24.5 Å². The van der Waals surface area contributed by atoms with Gasteiger partial charge in [-0.05, 0) is 24.5 Å². The zero-order chi connectivity index (χ0) is 13.7. The van der Waals surface area contributed by atoms with Gasteiger partial charge in [0.2, 0.25) is 5.91 Å². The Kier molecular flexibility index (Phi) is 2.85. The summed E-state index contributed by atoms with van der Waals surface area (Å²) in [5.74, 6) is -0.103. The van der Waals surface area contributed by atoms with E-state index < -0.39 is 16.5 Å². The van der Waals surface area contributed by atoms with Gasteiger partial charge in [0.1, 0.15) is 5.54 Å². The van der Waals surface area contributed by atoms with Crippen LogP contribution in [0.3, 0.4) is 0 Å². The molecule has 1 saturated heterocycles. The summed E-state index contributed by atoms with van der Waals surface area (Å²) in [5.41, 5.74) is 0.0438. The van der Waals surface area contributed by atoms with Crippen molar-refractivity contribution in [2.45, 2.75) is 29.9 Å². The Labute approximate surface area is 116 Å². The molecule has 1 aromatic carbocycles.